The van der Waals surface area contributed by atoms with E-state index in [2.05, 4.69) is 58.1 Å². The van der Waals surface area contributed by atoms with Gasteiger partial charge in [0, 0.05) is 16.5 Å². The maximum Gasteiger partial charge on any atom is 0.285 e. The Morgan fingerprint density at radius 1 is 1.23 bits per heavy atom. The predicted octanol–water partition coefficient (Wildman–Crippen LogP) is 5.70. The molecule has 2 rings (SSSR count). The van der Waals surface area contributed by atoms with Crippen molar-refractivity contribution in [3.63, 3.8) is 0 Å². The molecule has 22 heavy (non-hydrogen) atoms. The minimum absolute atomic E-state index is 0.0213. The van der Waals surface area contributed by atoms with Crippen LogP contribution in [0.15, 0.2) is 30.3 Å². The number of hydrogen-bond acceptors (Lipinski definition) is 1. The fourth-order valence-electron chi connectivity index (χ4n) is 3.66. The SMILES string of the molecule is CC(C)(C)[Si](C)(C)[N+]1([O-])CC(CCCCl)C1c1ccccc1. The first kappa shape index (κ1) is 18.0. The molecule has 1 aromatic carbocycles. The molecule has 0 aliphatic carbocycles. The molecule has 1 heterocycles. The number of alkyl halides is 1. The van der Waals surface area contributed by atoms with Crippen LogP contribution in [0.4, 0.5) is 0 Å². The van der Waals surface area contributed by atoms with Gasteiger partial charge in [0.2, 0.25) is 0 Å². The van der Waals surface area contributed by atoms with Gasteiger partial charge < -0.3 is 9.52 Å². The Labute approximate surface area is 141 Å². The summed E-state index contributed by atoms with van der Waals surface area (Å²) in [6.45, 7) is 12.0. The zero-order valence-electron chi connectivity index (χ0n) is 14.6. The molecule has 0 aromatic heterocycles. The minimum atomic E-state index is -2.02. The number of halogens is 1. The second-order valence-corrected chi connectivity index (χ2v) is 14.0. The first-order valence-corrected chi connectivity index (χ1v) is 11.8. The Morgan fingerprint density at radius 2 is 1.82 bits per heavy atom. The topological polar surface area (TPSA) is 23.1 Å². The molecule has 4 heteroatoms. The van der Waals surface area contributed by atoms with Crippen molar-refractivity contribution in [2.24, 2.45) is 5.92 Å². The molecule has 124 valence electrons. The predicted molar refractivity (Wildman–Crippen MR) is 98.3 cm³/mol. The van der Waals surface area contributed by atoms with Gasteiger partial charge in [-0.05, 0) is 25.9 Å². The third-order valence-electron chi connectivity index (χ3n) is 6.03. The maximum absolute atomic E-state index is 13.9. The van der Waals surface area contributed by atoms with Crippen molar-refractivity contribution >= 4 is 19.8 Å². The smallest absolute Gasteiger partial charge is 0.285 e. The first-order chi connectivity index (χ1) is 10.1. The van der Waals surface area contributed by atoms with Crippen molar-refractivity contribution in [2.75, 3.05) is 12.4 Å². The molecular weight excluding hydrogens is 310 g/mol. The van der Waals surface area contributed by atoms with Crippen LogP contribution in [-0.4, -0.2) is 25.0 Å². The van der Waals surface area contributed by atoms with E-state index in [1.165, 1.54) is 5.56 Å². The van der Waals surface area contributed by atoms with Gasteiger partial charge in [0.1, 0.15) is 6.04 Å². The monoisotopic (exact) mass is 339 g/mol. The van der Waals surface area contributed by atoms with Crippen molar-refractivity contribution in [3.05, 3.63) is 41.1 Å². The lowest BCUT2D eigenvalue weighted by molar-refractivity contribution is -0.879. The van der Waals surface area contributed by atoms with Gasteiger partial charge in [0.25, 0.3) is 8.24 Å². The number of quaternary nitrogens is 1. The molecule has 3 unspecified atom stereocenters. The number of hydrogen-bond donors (Lipinski definition) is 0. The number of hydroxylamine groups is 2. The van der Waals surface area contributed by atoms with Crippen LogP contribution in [0.2, 0.25) is 18.1 Å². The summed E-state index contributed by atoms with van der Waals surface area (Å²) in [6, 6.07) is 10.5. The van der Waals surface area contributed by atoms with E-state index in [0.29, 0.717) is 11.8 Å². The van der Waals surface area contributed by atoms with E-state index in [1.54, 1.807) is 0 Å². The van der Waals surface area contributed by atoms with E-state index in [9.17, 15) is 5.21 Å². The van der Waals surface area contributed by atoms with E-state index in [0.717, 1.165) is 19.4 Å². The van der Waals surface area contributed by atoms with Gasteiger partial charge >= 0.3 is 0 Å². The lowest BCUT2D eigenvalue weighted by atomic mass is 9.82. The normalized spacial score (nSPS) is 29.2. The molecule has 0 radical (unpaired) electrons. The van der Waals surface area contributed by atoms with Crippen LogP contribution in [0.3, 0.4) is 0 Å². The van der Waals surface area contributed by atoms with Crippen LogP contribution in [0.25, 0.3) is 0 Å². The molecular formula is C18H30ClNOSi. The maximum atomic E-state index is 13.9. The van der Waals surface area contributed by atoms with Crippen molar-refractivity contribution in [1.29, 1.82) is 0 Å². The summed E-state index contributed by atoms with van der Waals surface area (Å²) in [5.74, 6) is 1.17. The largest absolute Gasteiger partial charge is 0.652 e. The highest BCUT2D eigenvalue weighted by atomic mass is 35.5. The standard InChI is InChI=1S/C18H30ClNOSi/c1-18(2,3)22(4,5)20(21)14-16(12-9-13-19)17(20)15-10-7-6-8-11-15/h6-8,10-11,16-17H,9,12-14H2,1-5H3. The minimum Gasteiger partial charge on any atom is -0.652 e. The van der Waals surface area contributed by atoms with E-state index < -0.39 is 8.24 Å². The van der Waals surface area contributed by atoms with Gasteiger partial charge in [-0.3, -0.25) is 0 Å². The molecule has 2 nitrogen and oxygen atoms in total. The summed E-state index contributed by atoms with van der Waals surface area (Å²) in [5.41, 5.74) is 1.22. The van der Waals surface area contributed by atoms with Gasteiger partial charge in [0.05, 0.1) is 12.5 Å². The fraction of sp³-hybridized carbons (Fsp3) is 0.667. The molecule has 1 aliphatic heterocycles. The Bertz CT molecular complexity index is 500. The average Bonchev–Trinajstić information content (AvgIpc) is 2.42. The van der Waals surface area contributed by atoms with Crippen molar-refractivity contribution in [2.45, 2.75) is 57.8 Å². The summed E-state index contributed by atoms with van der Waals surface area (Å²) in [7, 11) is -2.02. The van der Waals surface area contributed by atoms with Crippen molar-refractivity contribution < 1.29 is 4.31 Å². The lowest BCUT2D eigenvalue weighted by Crippen LogP contribution is -2.75. The Morgan fingerprint density at radius 3 is 2.32 bits per heavy atom. The van der Waals surface area contributed by atoms with Gasteiger partial charge in [0.15, 0.2) is 0 Å². The van der Waals surface area contributed by atoms with Gasteiger partial charge in [-0.25, -0.2) is 0 Å². The molecule has 0 saturated carbocycles. The molecule has 1 fully saturated rings. The van der Waals surface area contributed by atoms with Crippen LogP contribution in [0.5, 0.6) is 0 Å². The van der Waals surface area contributed by atoms with E-state index >= 15 is 0 Å². The highest BCUT2D eigenvalue weighted by Crippen LogP contribution is 2.56. The van der Waals surface area contributed by atoms with Crippen LogP contribution in [0, 0.1) is 11.1 Å². The summed E-state index contributed by atoms with van der Waals surface area (Å²) in [6.07, 6.45) is 2.08. The van der Waals surface area contributed by atoms with Crippen LogP contribution in [-0.2, 0) is 0 Å². The van der Waals surface area contributed by atoms with Gasteiger partial charge in [-0.15, -0.1) is 11.6 Å². The summed E-state index contributed by atoms with van der Waals surface area (Å²) >= 11 is 5.88. The second kappa shape index (κ2) is 6.27. The summed E-state index contributed by atoms with van der Waals surface area (Å²) in [5, 5.41) is 14.0. The molecule has 0 N–H and O–H groups in total. The molecule has 1 saturated heterocycles. The van der Waals surface area contributed by atoms with Crippen LogP contribution >= 0.6 is 11.6 Å². The number of benzene rings is 1. The van der Waals surface area contributed by atoms with E-state index in [1.807, 2.05) is 6.07 Å². The van der Waals surface area contributed by atoms with Crippen molar-refractivity contribution in [3.8, 4) is 0 Å². The zero-order chi connectivity index (χ0) is 16.6. The highest BCUT2D eigenvalue weighted by Gasteiger charge is 2.61. The van der Waals surface area contributed by atoms with Crippen molar-refractivity contribution in [1.82, 2.24) is 0 Å². The van der Waals surface area contributed by atoms with E-state index in [-0.39, 0.29) is 15.4 Å². The molecule has 0 amide bonds. The molecule has 0 spiro atoms. The fourth-order valence-corrected chi connectivity index (χ4v) is 6.70. The summed E-state index contributed by atoms with van der Waals surface area (Å²) in [4.78, 5) is 0. The van der Waals surface area contributed by atoms with E-state index in [4.69, 9.17) is 11.6 Å². The van der Waals surface area contributed by atoms with Crippen LogP contribution < -0.4 is 0 Å². The Balaban J connectivity index is 2.36. The quantitative estimate of drug-likeness (QED) is 0.383. The Hall–Kier alpha value is -0.353. The average molecular weight is 340 g/mol. The second-order valence-electron chi connectivity index (χ2n) is 8.23. The molecule has 0 bridgehead atoms. The summed E-state index contributed by atoms with van der Waals surface area (Å²) < 4.78 is 0.0213. The van der Waals surface area contributed by atoms with Gasteiger partial charge in [-0.2, -0.15) is 0 Å². The molecule has 1 aromatic rings. The molecule has 3 atom stereocenters. The highest BCUT2D eigenvalue weighted by molar-refractivity contribution is 6.73. The first-order valence-electron chi connectivity index (χ1n) is 8.35. The zero-order valence-corrected chi connectivity index (χ0v) is 16.4. The lowest BCUT2D eigenvalue weighted by Gasteiger charge is -2.71. The third kappa shape index (κ3) is 2.89. The molecule has 1 aliphatic rings. The number of rotatable bonds is 5. The van der Waals surface area contributed by atoms with Gasteiger partial charge in [-0.1, -0.05) is 51.1 Å². The van der Waals surface area contributed by atoms with Crippen LogP contribution in [0.1, 0.15) is 45.2 Å². The number of nitrogens with zero attached hydrogens (tertiary/aromatic N) is 1. The third-order valence-corrected chi connectivity index (χ3v) is 12.3. The Kier molecular flexibility index (Phi) is 5.13.